The van der Waals surface area contributed by atoms with Crippen LogP contribution in [0.2, 0.25) is 0 Å². The molecule has 3 rings (SSSR count). The highest BCUT2D eigenvalue weighted by Gasteiger charge is 2.29. The molecule has 0 saturated carbocycles. The maximum atomic E-state index is 13.0. The second-order valence-electron chi connectivity index (χ2n) is 6.96. The van der Waals surface area contributed by atoms with Crippen molar-refractivity contribution in [3.8, 4) is 0 Å². The van der Waals surface area contributed by atoms with Crippen LogP contribution in [0.3, 0.4) is 0 Å². The van der Waals surface area contributed by atoms with E-state index in [1.165, 1.54) is 10.4 Å². The predicted octanol–water partition coefficient (Wildman–Crippen LogP) is 0.400. The molecular formula is C18H28N4O3S. The van der Waals surface area contributed by atoms with Crippen molar-refractivity contribution >= 4 is 15.9 Å². The Morgan fingerprint density at radius 1 is 1.00 bits per heavy atom. The summed E-state index contributed by atoms with van der Waals surface area (Å²) in [5.74, 6) is -0.0917. The number of likely N-dealkylation sites (N-methyl/N-ethyl adjacent to an activating group) is 2. The van der Waals surface area contributed by atoms with Gasteiger partial charge in [0.15, 0.2) is 0 Å². The highest BCUT2D eigenvalue weighted by molar-refractivity contribution is 7.89. The Hall–Kier alpha value is -1.48. The number of rotatable bonds is 4. The first-order valence-electron chi connectivity index (χ1n) is 9.22. The van der Waals surface area contributed by atoms with Crippen molar-refractivity contribution in [2.45, 2.75) is 11.8 Å². The Labute approximate surface area is 156 Å². The van der Waals surface area contributed by atoms with Crippen LogP contribution in [-0.2, 0) is 10.0 Å². The lowest BCUT2D eigenvalue weighted by Gasteiger charge is -2.33. The van der Waals surface area contributed by atoms with Gasteiger partial charge in [-0.15, -0.1) is 0 Å². The minimum atomic E-state index is -3.56. The average Bonchev–Trinajstić information content (AvgIpc) is 2.68. The number of nitrogens with zero attached hydrogens (tertiary/aromatic N) is 4. The zero-order valence-corrected chi connectivity index (χ0v) is 16.4. The van der Waals surface area contributed by atoms with Crippen LogP contribution in [0.25, 0.3) is 0 Å². The number of piperazine rings is 2. The van der Waals surface area contributed by atoms with Gasteiger partial charge in [0.05, 0.1) is 4.90 Å². The molecular weight excluding hydrogens is 352 g/mol. The van der Waals surface area contributed by atoms with Gasteiger partial charge in [-0.05, 0) is 31.8 Å². The molecule has 2 heterocycles. The minimum Gasteiger partial charge on any atom is -0.336 e. The fraction of sp³-hybridized carbons (Fsp3) is 0.611. The van der Waals surface area contributed by atoms with E-state index in [0.717, 1.165) is 32.7 Å². The largest absolute Gasteiger partial charge is 0.336 e. The van der Waals surface area contributed by atoms with E-state index >= 15 is 0 Å². The Kier molecular flexibility index (Phi) is 5.96. The van der Waals surface area contributed by atoms with Crippen molar-refractivity contribution in [1.29, 1.82) is 0 Å². The number of amides is 1. The van der Waals surface area contributed by atoms with E-state index in [1.54, 1.807) is 23.1 Å². The minimum absolute atomic E-state index is 0.0917. The van der Waals surface area contributed by atoms with Crippen molar-refractivity contribution in [3.63, 3.8) is 0 Å². The van der Waals surface area contributed by atoms with Crippen LogP contribution in [-0.4, -0.2) is 99.3 Å². The molecule has 26 heavy (non-hydrogen) atoms. The van der Waals surface area contributed by atoms with Gasteiger partial charge in [-0.25, -0.2) is 8.42 Å². The normalized spacial score (nSPS) is 21.1. The first kappa shape index (κ1) is 19.3. The summed E-state index contributed by atoms with van der Waals surface area (Å²) < 4.78 is 27.4. The molecule has 0 spiro atoms. The fourth-order valence-electron chi connectivity index (χ4n) is 3.42. The third-order valence-corrected chi connectivity index (χ3v) is 7.18. The third kappa shape index (κ3) is 4.09. The Morgan fingerprint density at radius 3 is 2.27 bits per heavy atom. The van der Waals surface area contributed by atoms with Crippen molar-refractivity contribution in [1.82, 2.24) is 19.0 Å². The number of hydrogen-bond acceptors (Lipinski definition) is 5. The van der Waals surface area contributed by atoms with Crippen molar-refractivity contribution < 1.29 is 13.2 Å². The van der Waals surface area contributed by atoms with Crippen LogP contribution >= 0.6 is 0 Å². The van der Waals surface area contributed by atoms with Gasteiger partial charge in [0.2, 0.25) is 10.0 Å². The van der Waals surface area contributed by atoms with Crippen LogP contribution in [0, 0.1) is 0 Å². The molecule has 2 aliphatic heterocycles. The molecule has 0 bridgehead atoms. The summed E-state index contributed by atoms with van der Waals surface area (Å²) in [7, 11) is -1.53. The Bertz CT molecular complexity index is 737. The summed E-state index contributed by atoms with van der Waals surface area (Å²) in [5, 5.41) is 0. The van der Waals surface area contributed by atoms with E-state index in [0.29, 0.717) is 31.7 Å². The molecule has 2 fully saturated rings. The average molecular weight is 381 g/mol. The van der Waals surface area contributed by atoms with Crippen molar-refractivity contribution in [3.05, 3.63) is 29.8 Å². The van der Waals surface area contributed by atoms with Gasteiger partial charge in [-0.1, -0.05) is 13.0 Å². The zero-order chi connectivity index (χ0) is 18.7. The molecule has 2 aliphatic rings. The quantitative estimate of drug-likeness (QED) is 0.757. The van der Waals surface area contributed by atoms with E-state index in [-0.39, 0.29) is 10.8 Å². The standard InChI is InChI=1S/C18H28N4O3S/c1-3-20-9-13-22(14-10-20)26(24,25)17-6-4-5-16(15-17)18(23)21-11-7-19(2)8-12-21/h4-6,15H,3,7-14H2,1-2H3. The molecule has 144 valence electrons. The Balaban J connectivity index is 1.75. The highest BCUT2D eigenvalue weighted by atomic mass is 32.2. The van der Waals surface area contributed by atoms with Crippen LogP contribution in [0.15, 0.2) is 29.2 Å². The summed E-state index contributed by atoms with van der Waals surface area (Å²) in [5.41, 5.74) is 0.447. The first-order valence-corrected chi connectivity index (χ1v) is 10.7. The molecule has 2 saturated heterocycles. The zero-order valence-electron chi connectivity index (χ0n) is 15.6. The van der Waals surface area contributed by atoms with E-state index in [1.807, 2.05) is 7.05 Å². The number of carbonyl (C=O) groups excluding carboxylic acids is 1. The number of hydrogen-bond donors (Lipinski definition) is 0. The summed E-state index contributed by atoms with van der Waals surface area (Å²) in [6.07, 6.45) is 0. The summed E-state index contributed by atoms with van der Waals surface area (Å²) in [6.45, 7) is 8.51. The predicted molar refractivity (Wildman–Crippen MR) is 101 cm³/mol. The number of carbonyl (C=O) groups is 1. The molecule has 0 N–H and O–H groups in total. The van der Waals surface area contributed by atoms with E-state index in [2.05, 4.69) is 16.7 Å². The molecule has 0 aliphatic carbocycles. The van der Waals surface area contributed by atoms with Gasteiger partial charge < -0.3 is 14.7 Å². The van der Waals surface area contributed by atoms with Gasteiger partial charge in [0.1, 0.15) is 0 Å². The molecule has 0 atom stereocenters. The highest BCUT2D eigenvalue weighted by Crippen LogP contribution is 2.20. The molecule has 1 aromatic rings. The molecule has 0 radical (unpaired) electrons. The second-order valence-corrected chi connectivity index (χ2v) is 8.90. The monoisotopic (exact) mass is 380 g/mol. The molecule has 1 aromatic carbocycles. The smallest absolute Gasteiger partial charge is 0.253 e. The SMILES string of the molecule is CCN1CCN(S(=O)(=O)c2cccc(C(=O)N3CCN(C)CC3)c2)CC1. The molecule has 0 unspecified atom stereocenters. The van der Waals surface area contributed by atoms with Gasteiger partial charge in [0, 0.05) is 57.9 Å². The maximum absolute atomic E-state index is 13.0. The fourth-order valence-corrected chi connectivity index (χ4v) is 4.89. The third-order valence-electron chi connectivity index (χ3n) is 5.29. The lowest BCUT2D eigenvalue weighted by atomic mass is 10.2. The van der Waals surface area contributed by atoms with Crippen LogP contribution in [0.4, 0.5) is 0 Å². The second kappa shape index (κ2) is 8.04. The van der Waals surface area contributed by atoms with E-state index < -0.39 is 10.0 Å². The molecule has 7 nitrogen and oxygen atoms in total. The molecule has 0 aromatic heterocycles. The first-order chi connectivity index (χ1) is 12.4. The van der Waals surface area contributed by atoms with Crippen molar-refractivity contribution in [2.24, 2.45) is 0 Å². The number of benzene rings is 1. The lowest BCUT2D eigenvalue weighted by molar-refractivity contribution is 0.0664. The van der Waals surface area contributed by atoms with Crippen molar-refractivity contribution in [2.75, 3.05) is 66.0 Å². The maximum Gasteiger partial charge on any atom is 0.253 e. The summed E-state index contributed by atoms with van der Waals surface area (Å²) in [6, 6.07) is 6.48. The Morgan fingerprint density at radius 2 is 1.65 bits per heavy atom. The lowest BCUT2D eigenvalue weighted by Crippen LogP contribution is -2.48. The van der Waals surface area contributed by atoms with E-state index in [4.69, 9.17) is 0 Å². The van der Waals surface area contributed by atoms with Crippen LogP contribution < -0.4 is 0 Å². The van der Waals surface area contributed by atoms with Gasteiger partial charge in [-0.2, -0.15) is 4.31 Å². The summed E-state index contributed by atoms with van der Waals surface area (Å²) in [4.78, 5) is 19.2. The summed E-state index contributed by atoms with van der Waals surface area (Å²) >= 11 is 0. The topological polar surface area (TPSA) is 64.2 Å². The van der Waals surface area contributed by atoms with Gasteiger partial charge in [0.25, 0.3) is 5.91 Å². The van der Waals surface area contributed by atoms with Gasteiger partial charge in [-0.3, -0.25) is 4.79 Å². The van der Waals surface area contributed by atoms with Crippen LogP contribution in [0.1, 0.15) is 17.3 Å². The van der Waals surface area contributed by atoms with Gasteiger partial charge >= 0.3 is 0 Å². The number of sulfonamides is 1. The van der Waals surface area contributed by atoms with Crippen LogP contribution in [0.5, 0.6) is 0 Å². The molecule has 8 heteroatoms. The molecule has 1 amide bonds. The van der Waals surface area contributed by atoms with E-state index in [9.17, 15) is 13.2 Å².